The number of aromatic nitrogens is 1. The smallest absolute Gasteiger partial charge is 0.274 e. The van der Waals surface area contributed by atoms with Crippen LogP contribution in [0.15, 0.2) is 95.3 Å². The van der Waals surface area contributed by atoms with Gasteiger partial charge in [-0.2, -0.15) is 10.5 Å². The molecule has 1 aromatic heterocycles. The number of nitrogens with two attached hydrogens (primary N) is 1. The number of fused-ring (bicyclic) bond motifs is 3. The third-order valence-electron chi connectivity index (χ3n) is 6.63. The van der Waals surface area contributed by atoms with Crippen LogP contribution in [0.1, 0.15) is 17.0 Å². The average Bonchev–Trinajstić information content (AvgIpc) is 3.24. The van der Waals surface area contributed by atoms with Crippen LogP contribution < -0.4 is 20.5 Å². The molecule has 5 aromatic rings. The molecule has 0 unspecified atom stereocenters. The molecule has 6 heteroatoms. The molecule has 170 valence electrons. The van der Waals surface area contributed by atoms with Crippen LogP contribution in [0.25, 0.3) is 39.0 Å². The number of thiazole rings is 1. The first-order valence-corrected chi connectivity index (χ1v) is 12.2. The Kier molecular flexibility index (Phi) is 5.04. The number of nitrogens with zero attached hydrogens (tertiary/aromatic N) is 3. The van der Waals surface area contributed by atoms with Gasteiger partial charge in [-0.25, -0.2) is 0 Å². The molecule has 2 heterocycles. The van der Waals surface area contributed by atoms with Crippen molar-refractivity contribution >= 4 is 50.4 Å². The fourth-order valence-corrected chi connectivity index (χ4v) is 6.10. The molecular weight excluding hydrogens is 464 g/mol. The molecule has 1 aliphatic rings. The van der Waals surface area contributed by atoms with Crippen LogP contribution in [0, 0.1) is 22.7 Å². The molecule has 6 rings (SSSR count). The van der Waals surface area contributed by atoms with Gasteiger partial charge in [0.05, 0.1) is 33.7 Å². The van der Waals surface area contributed by atoms with Gasteiger partial charge in [0.15, 0.2) is 0 Å². The SMILES string of the molecule is N#CC1=C(N)n2c(s/c(=C/c3cccc4ccccc34)c2=O)=C(C#N)[C@@H]1c1cccc2ccccc12. The second-order valence-electron chi connectivity index (χ2n) is 8.56. The van der Waals surface area contributed by atoms with Crippen molar-refractivity contribution in [1.82, 2.24) is 4.57 Å². The lowest BCUT2D eigenvalue weighted by atomic mass is 9.82. The number of allylic oxidation sites excluding steroid dienone is 1. The van der Waals surface area contributed by atoms with E-state index in [1.54, 1.807) is 0 Å². The van der Waals surface area contributed by atoms with Gasteiger partial charge in [-0.05, 0) is 38.7 Å². The molecule has 4 aromatic carbocycles. The molecule has 0 aliphatic carbocycles. The first-order chi connectivity index (χ1) is 17.6. The highest BCUT2D eigenvalue weighted by Gasteiger charge is 2.33. The number of benzene rings is 4. The van der Waals surface area contributed by atoms with E-state index in [2.05, 4.69) is 12.1 Å². The van der Waals surface area contributed by atoms with E-state index < -0.39 is 5.92 Å². The molecule has 5 nitrogen and oxygen atoms in total. The fraction of sp³-hybridized carbons (Fsp3) is 0.0333. The normalized spacial score (nSPS) is 15.7. The minimum absolute atomic E-state index is 0.0725. The van der Waals surface area contributed by atoms with Gasteiger partial charge in [0.2, 0.25) is 0 Å². The van der Waals surface area contributed by atoms with Crippen LogP contribution in [-0.2, 0) is 0 Å². The summed E-state index contributed by atoms with van der Waals surface area (Å²) in [6, 6.07) is 32.1. The topological polar surface area (TPSA) is 95.6 Å². The van der Waals surface area contributed by atoms with E-state index in [0.29, 0.717) is 14.8 Å². The maximum absolute atomic E-state index is 13.5. The Hall–Kier alpha value is -4.91. The molecule has 0 saturated heterocycles. The summed E-state index contributed by atoms with van der Waals surface area (Å²) in [5.41, 5.74) is 8.40. The van der Waals surface area contributed by atoms with Crippen molar-refractivity contribution in [2.24, 2.45) is 5.73 Å². The van der Waals surface area contributed by atoms with Crippen molar-refractivity contribution in [3.8, 4) is 12.1 Å². The zero-order valence-corrected chi connectivity index (χ0v) is 19.8. The van der Waals surface area contributed by atoms with Crippen LogP contribution in [0.2, 0.25) is 0 Å². The molecule has 0 bridgehead atoms. The summed E-state index contributed by atoms with van der Waals surface area (Å²) in [4.78, 5) is 13.5. The lowest BCUT2D eigenvalue weighted by molar-refractivity contribution is 0.910. The maximum Gasteiger partial charge on any atom is 0.274 e. The van der Waals surface area contributed by atoms with E-state index >= 15 is 0 Å². The van der Waals surface area contributed by atoms with Gasteiger partial charge in [0, 0.05) is 0 Å². The third kappa shape index (κ3) is 3.17. The predicted molar refractivity (Wildman–Crippen MR) is 144 cm³/mol. The molecule has 0 saturated carbocycles. The van der Waals surface area contributed by atoms with Crippen molar-refractivity contribution in [3.63, 3.8) is 0 Å². The Labute approximate surface area is 210 Å². The molecule has 0 amide bonds. The van der Waals surface area contributed by atoms with Crippen LogP contribution in [0.5, 0.6) is 0 Å². The summed E-state index contributed by atoms with van der Waals surface area (Å²) < 4.78 is 2.23. The minimum atomic E-state index is -0.658. The highest BCUT2D eigenvalue weighted by molar-refractivity contribution is 7.07. The molecule has 36 heavy (non-hydrogen) atoms. The Morgan fingerprint density at radius 3 is 2.14 bits per heavy atom. The number of hydrogen-bond donors (Lipinski definition) is 1. The minimum Gasteiger partial charge on any atom is -0.384 e. The zero-order valence-electron chi connectivity index (χ0n) is 19.0. The monoisotopic (exact) mass is 482 g/mol. The van der Waals surface area contributed by atoms with E-state index in [1.807, 2.05) is 91.0 Å². The van der Waals surface area contributed by atoms with Crippen LogP contribution in [0.4, 0.5) is 0 Å². The van der Waals surface area contributed by atoms with Crippen molar-refractivity contribution in [3.05, 3.63) is 121 Å². The summed E-state index contributed by atoms with van der Waals surface area (Å²) >= 11 is 1.23. The number of rotatable bonds is 2. The van der Waals surface area contributed by atoms with E-state index in [0.717, 1.165) is 32.7 Å². The number of nitriles is 2. The summed E-state index contributed by atoms with van der Waals surface area (Å²) in [5.74, 6) is -0.585. The average molecular weight is 483 g/mol. The van der Waals surface area contributed by atoms with Gasteiger partial charge in [-0.3, -0.25) is 9.36 Å². The van der Waals surface area contributed by atoms with Gasteiger partial charge in [0.1, 0.15) is 10.5 Å². The molecule has 0 spiro atoms. The predicted octanol–water partition coefficient (Wildman–Crippen LogP) is 4.17. The second kappa shape index (κ2) is 8.39. The van der Waals surface area contributed by atoms with Crippen molar-refractivity contribution < 1.29 is 0 Å². The van der Waals surface area contributed by atoms with Gasteiger partial charge in [0.25, 0.3) is 5.56 Å². The summed E-state index contributed by atoms with van der Waals surface area (Å²) in [5, 5.41) is 24.5. The quantitative estimate of drug-likeness (QED) is 0.409. The van der Waals surface area contributed by atoms with Gasteiger partial charge in [-0.15, -0.1) is 11.3 Å². The molecule has 0 fully saturated rings. The Morgan fingerprint density at radius 2 is 1.42 bits per heavy atom. The Balaban J connectivity index is 1.68. The fourth-order valence-electron chi connectivity index (χ4n) is 4.98. The summed E-state index contributed by atoms with van der Waals surface area (Å²) in [6.07, 6.45) is 1.84. The van der Waals surface area contributed by atoms with Crippen LogP contribution in [-0.4, -0.2) is 4.57 Å². The standard InChI is InChI=1S/C30H18N4OS/c31-16-24-27(23-14-6-10-19-8-2-4-13-22(19)23)25(17-32)30-34(28(24)33)29(35)26(36-30)15-20-11-5-9-18-7-1-3-12-21(18)20/h1-15,27H,33H2/b26-15+/t27-/m1/s1. The van der Waals surface area contributed by atoms with E-state index in [1.165, 1.54) is 15.9 Å². The van der Waals surface area contributed by atoms with Gasteiger partial charge >= 0.3 is 0 Å². The van der Waals surface area contributed by atoms with Crippen molar-refractivity contribution in [2.75, 3.05) is 0 Å². The molecule has 2 N–H and O–H groups in total. The van der Waals surface area contributed by atoms with Gasteiger partial charge < -0.3 is 5.73 Å². The van der Waals surface area contributed by atoms with Gasteiger partial charge in [-0.1, -0.05) is 84.9 Å². The zero-order chi connectivity index (χ0) is 24.8. The molecule has 1 aliphatic heterocycles. The highest BCUT2D eigenvalue weighted by Crippen LogP contribution is 2.38. The van der Waals surface area contributed by atoms with Crippen molar-refractivity contribution in [1.29, 1.82) is 10.5 Å². The van der Waals surface area contributed by atoms with E-state index in [4.69, 9.17) is 5.73 Å². The lowest BCUT2D eigenvalue weighted by Crippen LogP contribution is -2.38. The van der Waals surface area contributed by atoms with Crippen LogP contribution >= 0.6 is 11.3 Å². The third-order valence-corrected chi connectivity index (χ3v) is 7.74. The Morgan fingerprint density at radius 1 is 0.806 bits per heavy atom. The first-order valence-electron chi connectivity index (χ1n) is 11.4. The molecular formula is C30H18N4OS. The highest BCUT2D eigenvalue weighted by atomic mass is 32.1. The Bertz CT molecular complexity index is 2000. The molecule has 1 atom stereocenters. The second-order valence-corrected chi connectivity index (χ2v) is 9.59. The lowest BCUT2D eigenvalue weighted by Gasteiger charge is -2.23. The summed E-state index contributed by atoms with van der Waals surface area (Å²) in [6.45, 7) is 0. The summed E-state index contributed by atoms with van der Waals surface area (Å²) in [7, 11) is 0. The van der Waals surface area contributed by atoms with Crippen LogP contribution in [0.3, 0.4) is 0 Å². The largest absolute Gasteiger partial charge is 0.384 e. The number of hydrogen-bond acceptors (Lipinski definition) is 5. The van der Waals surface area contributed by atoms with E-state index in [9.17, 15) is 15.3 Å². The first kappa shape index (κ1) is 21.6. The maximum atomic E-state index is 13.5. The molecule has 0 radical (unpaired) electrons. The van der Waals surface area contributed by atoms with Crippen molar-refractivity contribution in [2.45, 2.75) is 5.92 Å². The van der Waals surface area contributed by atoms with E-state index in [-0.39, 0.29) is 17.0 Å².